The van der Waals surface area contributed by atoms with Crippen LogP contribution in [0.4, 0.5) is 5.69 Å². The molecule has 7 heteroatoms. The van der Waals surface area contributed by atoms with E-state index in [1.807, 2.05) is 6.07 Å². The van der Waals surface area contributed by atoms with E-state index in [0.29, 0.717) is 33.3 Å². The van der Waals surface area contributed by atoms with E-state index in [4.69, 9.17) is 25.5 Å². The molecule has 0 atom stereocenters. The summed E-state index contributed by atoms with van der Waals surface area (Å²) in [5.74, 6) is 1.33. The van der Waals surface area contributed by atoms with E-state index in [9.17, 15) is 10.1 Å². The molecule has 142 valence electrons. The predicted octanol–water partition coefficient (Wildman–Crippen LogP) is 4.56. The van der Waals surface area contributed by atoms with Crippen molar-refractivity contribution in [2.45, 2.75) is 0 Å². The molecule has 0 radical (unpaired) electrons. The van der Waals surface area contributed by atoms with Crippen molar-refractivity contribution in [1.82, 2.24) is 0 Å². The summed E-state index contributed by atoms with van der Waals surface area (Å²) in [6, 6.07) is 14.1. The molecule has 3 aromatic rings. The van der Waals surface area contributed by atoms with Crippen molar-refractivity contribution in [2.75, 3.05) is 26.6 Å². The summed E-state index contributed by atoms with van der Waals surface area (Å²) in [6.45, 7) is 0. The third-order valence-corrected chi connectivity index (χ3v) is 4.53. The number of hydrogen-bond acceptors (Lipinski definition) is 6. The molecule has 6 nitrogen and oxygen atoms in total. The first-order valence-electron chi connectivity index (χ1n) is 8.31. The first-order chi connectivity index (χ1) is 13.5. The monoisotopic (exact) mass is 396 g/mol. The van der Waals surface area contributed by atoms with E-state index in [0.717, 1.165) is 5.56 Å². The van der Waals surface area contributed by atoms with Gasteiger partial charge in [0, 0.05) is 18.1 Å². The molecule has 0 aliphatic heterocycles. The molecule has 1 aromatic heterocycles. The number of nitrogens with one attached hydrogen (secondary N) is 1. The zero-order valence-electron chi connectivity index (χ0n) is 15.5. The Bertz CT molecular complexity index is 1110. The Morgan fingerprint density at radius 1 is 1.11 bits per heavy atom. The minimum absolute atomic E-state index is 0.108. The van der Waals surface area contributed by atoms with Gasteiger partial charge in [-0.05, 0) is 29.8 Å². The van der Waals surface area contributed by atoms with Crippen molar-refractivity contribution in [3.05, 3.63) is 63.5 Å². The van der Waals surface area contributed by atoms with Crippen molar-refractivity contribution in [2.24, 2.45) is 0 Å². The average Bonchev–Trinajstić information content (AvgIpc) is 2.73. The number of rotatable bonds is 5. The second kappa shape index (κ2) is 8.07. The largest absolute Gasteiger partial charge is 0.497 e. The summed E-state index contributed by atoms with van der Waals surface area (Å²) in [5, 5.41) is 13.0. The smallest absolute Gasteiger partial charge is 0.356 e. The van der Waals surface area contributed by atoms with Gasteiger partial charge in [0.1, 0.15) is 17.6 Å². The highest BCUT2D eigenvalue weighted by Crippen LogP contribution is 2.42. The molecular formula is C21H17ClN2O4. The van der Waals surface area contributed by atoms with Gasteiger partial charge >= 0.3 is 5.63 Å². The van der Waals surface area contributed by atoms with Gasteiger partial charge in [0.05, 0.1) is 31.0 Å². The first kappa shape index (κ1) is 19.3. The quantitative estimate of drug-likeness (QED) is 0.680. The Hall–Kier alpha value is -3.43. The van der Waals surface area contributed by atoms with Gasteiger partial charge in [-0.3, -0.25) is 0 Å². The molecule has 0 saturated heterocycles. The number of anilines is 1. The molecular weight excluding hydrogens is 380 g/mol. The third kappa shape index (κ3) is 3.40. The molecule has 28 heavy (non-hydrogen) atoms. The Morgan fingerprint density at radius 2 is 1.82 bits per heavy atom. The lowest BCUT2D eigenvalue weighted by Gasteiger charge is -2.17. The molecule has 0 aliphatic carbocycles. The number of ether oxygens (including phenoxy) is 2. The van der Waals surface area contributed by atoms with E-state index >= 15 is 0 Å². The number of nitrogens with zero attached hydrogens (tertiary/aromatic N) is 1. The van der Waals surface area contributed by atoms with Gasteiger partial charge in [-0.2, -0.15) is 5.26 Å². The molecule has 0 amide bonds. The van der Waals surface area contributed by atoms with Crippen LogP contribution in [0.1, 0.15) is 5.56 Å². The summed E-state index contributed by atoms with van der Waals surface area (Å²) < 4.78 is 16.3. The first-order valence-corrected chi connectivity index (χ1v) is 8.69. The van der Waals surface area contributed by atoms with E-state index in [1.165, 1.54) is 7.11 Å². The average molecular weight is 397 g/mol. The Morgan fingerprint density at radius 3 is 2.39 bits per heavy atom. The van der Waals surface area contributed by atoms with Gasteiger partial charge in [-0.15, -0.1) is 0 Å². The Labute approximate surface area is 166 Å². The van der Waals surface area contributed by atoms with E-state index in [1.54, 1.807) is 56.6 Å². The van der Waals surface area contributed by atoms with Crippen LogP contribution in [0.25, 0.3) is 22.5 Å². The van der Waals surface area contributed by atoms with Gasteiger partial charge in [0.25, 0.3) is 0 Å². The predicted molar refractivity (Wildman–Crippen MR) is 108 cm³/mol. The van der Waals surface area contributed by atoms with Crippen LogP contribution in [0.3, 0.4) is 0 Å². The van der Waals surface area contributed by atoms with Crippen molar-refractivity contribution in [3.63, 3.8) is 0 Å². The number of halogens is 1. The summed E-state index contributed by atoms with van der Waals surface area (Å²) in [7, 11) is 4.71. The molecule has 3 rings (SSSR count). The van der Waals surface area contributed by atoms with Crippen molar-refractivity contribution in [3.8, 4) is 40.0 Å². The molecule has 0 fully saturated rings. The zero-order valence-corrected chi connectivity index (χ0v) is 16.3. The maximum absolute atomic E-state index is 12.5. The number of nitriles is 1. The summed E-state index contributed by atoms with van der Waals surface area (Å²) >= 11 is 6.02. The number of benzene rings is 2. The van der Waals surface area contributed by atoms with Crippen LogP contribution in [0, 0.1) is 11.3 Å². The lowest BCUT2D eigenvalue weighted by atomic mass is 9.96. The number of methoxy groups -OCH3 is 2. The highest BCUT2D eigenvalue weighted by atomic mass is 35.5. The van der Waals surface area contributed by atoms with Crippen LogP contribution in [0.5, 0.6) is 11.5 Å². The van der Waals surface area contributed by atoms with Crippen LogP contribution >= 0.6 is 11.6 Å². The highest BCUT2D eigenvalue weighted by Gasteiger charge is 2.24. The van der Waals surface area contributed by atoms with Crippen LogP contribution < -0.4 is 20.4 Å². The van der Waals surface area contributed by atoms with Gasteiger partial charge in [0.2, 0.25) is 0 Å². The topological polar surface area (TPSA) is 84.5 Å². The summed E-state index contributed by atoms with van der Waals surface area (Å²) in [5.41, 5.74) is 1.35. The van der Waals surface area contributed by atoms with Crippen LogP contribution in [-0.4, -0.2) is 21.3 Å². The van der Waals surface area contributed by atoms with Gasteiger partial charge < -0.3 is 19.2 Å². The molecule has 0 saturated carbocycles. The van der Waals surface area contributed by atoms with E-state index in [-0.39, 0.29) is 11.3 Å². The molecule has 1 N–H and O–H groups in total. The Kier molecular flexibility index (Phi) is 5.57. The second-order valence-electron chi connectivity index (χ2n) is 5.78. The highest BCUT2D eigenvalue weighted by molar-refractivity contribution is 6.30. The molecule has 2 aromatic carbocycles. The molecule has 0 unspecified atom stereocenters. The summed E-state index contributed by atoms with van der Waals surface area (Å²) in [6.07, 6.45) is 0. The minimum atomic E-state index is -0.738. The maximum atomic E-state index is 12.5. The van der Waals surface area contributed by atoms with Gasteiger partial charge in [-0.25, -0.2) is 4.79 Å². The van der Waals surface area contributed by atoms with Crippen molar-refractivity contribution >= 4 is 17.3 Å². The number of hydrogen-bond donors (Lipinski definition) is 1. The molecule has 0 aliphatic rings. The second-order valence-corrected chi connectivity index (χ2v) is 6.21. The summed E-state index contributed by atoms with van der Waals surface area (Å²) in [4.78, 5) is 12.5. The molecule has 0 spiro atoms. The fourth-order valence-electron chi connectivity index (χ4n) is 2.95. The molecule has 0 bridgehead atoms. The van der Waals surface area contributed by atoms with E-state index in [2.05, 4.69) is 5.32 Å². The fourth-order valence-corrected chi connectivity index (χ4v) is 3.08. The minimum Gasteiger partial charge on any atom is -0.497 e. The maximum Gasteiger partial charge on any atom is 0.356 e. The van der Waals surface area contributed by atoms with Crippen molar-refractivity contribution in [1.29, 1.82) is 5.26 Å². The van der Waals surface area contributed by atoms with E-state index < -0.39 is 5.63 Å². The Balaban J connectivity index is 2.42. The third-order valence-electron chi connectivity index (χ3n) is 4.27. The van der Waals surface area contributed by atoms with Crippen LogP contribution in [0.2, 0.25) is 5.02 Å². The van der Waals surface area contributed by atoms with Crippen molar-refractivity contribution < 1.29 is 13.9 Å². The lowest BCUT2D eigenvalue weighted by Crippen LogP contribution is -2.11. The molecule has 1 heterocycles. The van der Waals surface area contributed by atoms with Crippen LogP contribution in [-0.2, 0) is 0 Å². The SMILES string of the molecule is CNc1c(-c2ccc(Cl)cc2)c(-c2ccc(OC)cc2OC)oc(=O)c1C#N. The van der Waals surface area contributed by atoms with Gasteiger partial charge in [-0.1, -0.05) is 23.7 Å². The lowest BCUT2D eigenvalue weighted by molar-refractivity contribution is 0.394. The van der Waals surface area contributed by atoms with Gasteiger partial charge in [0.15, 0.2) is 11.3 Å². The standard InChI is InChI=1S/C21H17ClN2O4/c1-24-19-16(11-23)21(25)28-20(18(19)12-4-6-13(22)7-5-12)15-9-8-14(26-2)10-17(15)27-3/h4-10,24H,1-3H3. The zero-order chi connectivity index (χ0) is 20.3. The fraction of sp³-hybridized carbons (Fsp3) is 0.143. The normalized spacial score (nSPS) is 10.2. The van der Waals surface area contributed by atoms with Crippen LogP contribution in [0.15, 0.2) is 51.7 Å².